The molecule has 0 aliphatic carbocycles. The fourth-order valence-electron chi connectivity index (χ4n) is 3.94. The molecule has 9 heteroatoms. The topological polar surface area (TPSA) is 86.8 Å². The Labute approximate surface area is 224 Å². The van der Waals surface area contributed by atoms with Gasteiger partial charge in [-0.3, -0.25) is 13.9 Å². The van der Waals surface area contributed by atoms with E-state index in [2.05, 4.69) is 5.32 Å². The molecule has 0 aliphatic heterocycles. The molecule has 3 rings (SSSR count). The van der Waals surface area contributed by atoms with Gasteiger partial charge in [0, 0.05) is 12.6 Å². The Morgan fingerprint density at radius 3 is 2.24 bits per heavy atom. The molecule has 0 saturated carbocycles. The molecule has 3 aromatic carbocycles. The van der Waals surface area contributed by atoms with Gasteiger partial charge in [0.15, 0.2) is 0 Å². The summed E-state index contributed by atoms with van der Waals surface area (Å²) in [5, 5.41) is 2.89. The molecule has 7 nitrogen and oxygen atoms in total. The number of carbonyl (C=O) groups is 2. The highest BCUT2D eigenvalue weighted by molar-refractivity contribution is 7.92. The molecule has 0 spiro atoms. The number of halogens is 1. The van der Waals surface area contributed by atoms with Gasteiger partial charge >= 0.3 is 0 Å². The summed E-state index contributed by atoms with van der Waals surface area (Å²) in [5.41, 5.74) is 1.51. The van der Waals surface area contributed by atoms with Crippen LogP contribution in [-0.4, -0.2) is 43.8 Å². The number of amides is 2. The second-order valence-electron chi connectivity index (χ2n) is 9.28. The van der Waals surface area contributed by atoms with Crippen LogP contribution in [0.3, 0.4) is 0 Å². The van der Waals surface area contributed by atoms with Crippen molar-refractivity contribution < 1.29 is 22.4 Å². The first-order valence-corrected chi connectivity index (χ1v) is 14.0. The second-order valence-corrected chi connectivity index (χ2v) is 11.1. The molecule has 0 aromatic heterocycles. The fraction of sp³-hybridized carbons (Fsp3) is 0.310. The number of sulfonamides is 1. The normalized spacial score (nSPS) is 12.9. The minimum absolute atomic E-state index is 0.0755. The van der Waals surface area contributed by atoms with Crippen LogP contribution in [-0.2, 0) is 26.2 Å². The molecule has 38 heavy (non-hydrogen) atoms. The lowest BCUT2D eigenvalue weighted by atomic mass is 10.1. The summed E-state index contributed by atoms with van der Waals surface area (Å²) >= 11 is 0. The predicted molar refractivity (Wildman–Crippen MR) is 146 cm³/mol. The van der Waals surface area contributed by atoms with E-state index in [0.29, 0.717) is 6.42 Å². The average Bonchev–Trinajstić information content (AvgIpc) is 2.90. The molecule has 0 aliphatic rings. The van der Waals surface area contributed by atoms with Gasteiger partial charge in [-0.1, -0.05) is 67.1 Å². The van der Waals surface area contributed by atoms with Crippen molar-refractivity contribution in [2.45, 2.75) is 57.6 Å². The molecule has 0 fully saturated rings. The number of nitrogens with one attached hydrogen (secondary N) is 1. The first-order chi connectivity index (χ1) is 18.0. The van der Waals surface area contributed by atoms with Crippen molar-refractivity contribution in [1.82, 2.24) is 10.2 Å². The van der Waals surface area contributed by atoms with Gasteiger partial charge < -0.3 is 10.2 Å². The van der Waals surface area contributed by atoms with Gasteiger partial charge in [-0.2, -0.15) is 0 Å². The summed E-state index contributed by atoms with van der Waals surface area (Å²) in [4.78, 5) is 28.1. The highest BCUT2D eigenvalue weighted by atomic mass is 32.2. The van der Waals surface area contributed by atoms with E-state index >= 15 is 0 Å². The van der Waals surface area contributed by atoms with E-state index in [1.165, 1.54) is 35.2 Å². The van der Waals surface area contributed by atoms with Gasteiger partial charge in [-0.25, -0.2) is 12.8 Å². The van der Waals surface area contributed by atoms with E-state index in [-0.39, 0.29) is 29.1 Å². The number of carbonyl (C=O) groups excluding carboxylic acids is 2. The molecule has 0 saturated heterocycles. The maximum Gasteiger partial charge on any atom is 0.264 e. The van der Waals surface area contributed by atoms with Gasteiger partial charge in [0.1, 0.15) is 18.4 Å². The van der Waals surface area contributed by atoms with E-state index in [0.717, 1.165) is 21.5 Å². The number of hydrogen-bond donors (Lipinski definition) is 1. The minimum atomic E-state index is -4.31. The van der Waals surface area contributed by atoms with Crippen LogP contribution in [0, 0.1) is 12.7 Å². The monoisotopic (exact) mass is 539 g/mol. The zero-order valence-corrected chi connectivity index (χ0v) is 22.9. The molecule has 202 valence electrons. The molecule has 2 amide bonds. The van der Waals surface area contributed by atoms with Crippen LogP contribution in [0.2, 0.25) is 0 Å². The van der Waals surface area contributed by atoms with E-state index in [9.17, 15) is 22.4 Å². The lowest BCUT2D eigenvalue weighted by molar-refractivity contribution is -0.139. The summed E-state index contributed by atoms with van der Waals surface area (Å²) in [5.74, 6) is -1.78. The van der Waals surface area contributed by atoms with Crippen molar-refractivity contribution in [2.24, 2.45) is 0 Å². The van der Waals surface area contributed by atoms with Crippen LogP contribution in [0.25, 0.3) is 0 Å². The fourth-order valence-corrected chi connectivity index (χ4v) is 5.39. The smallest absolute Gasteiger partial charge is 0.264 e. The first-order valence-electron chi connectivity index (χ1n) is 12.5. The Morgan fingerprint density at radius 2 is 1.61 bits per heavy atom. The highest BCUT2D eigenvalue weighted by Gasteiger charge is 2.33. The van der Waals surface area contributed by atoms with E-state index in [1.807, 2.05) is 45.0 Å². The number of anilines is 1. The van der Waals surface area contributed by atoms with Crippen molar-refractivity contribution in [2.75, 3.05) is 10.8 Å². The number of nitrogens with zero attached hydrogens (tertiary/aromatic N) is 2. The molecule has 0 bridgehead atoms. The molecule has 0 radical (unpaired) electrons. The van der Waals surface area contributed by atoms with Crippen molar-refractivity contribution in [1.29, 1.82) is 0 Å². The van der Waals surface area contributed by atoms with E-state index in [4.69, 9.17) is 0 Å². The minimum Gasteiger partial charge on any atom is -0.352 e. The maximum absolute atomic E-state index is 14.9. The molecule has 2 atom stereocenters. The van der Waals surface area contributed by atoms with Crippen LogP contribution in [0.15, 0.2) is 83.8 Å². The summed E-state index contributed by atoms with van der Waals surface area (Å²) in [7, 11) is -4.31. The lowest BCUT2D eigenvalue weighted by Crippen LogP contribution is -2.52. The number of rotatable bonds is 11. The summed E-state index contributed by atoms with van der Waals surface area (Å²) < 4.78 is 43.0. The summed E-state index contributed by atoms with van der Waals surface area (Å²) in [6.45, 7) is 6.71. The van der Waals surface area contributed by atoms with Crippen molar-refractivity contribution >= 4 is 27.5 Å². The number of hydrogen-bond acceptors (Lipinski definition) is 4. The van der Waals surface area contributed by atoms with Gasteiger partial charge in [0.25, 0.3) is 10.0 Å². The third kappa shape index (κ3) is 6.98. The van der Waals surface area contributed by atoms with Gasteiger partial charge in [0.2, 0.25) is 11.8 Å². The van der Waals surface area contributed by atoms with Crippen LogP contribution < -0.4 is 9.62 Å². The molecule has 0 unspecified atom stereocenters. The quantitative estimate of drug-likeness (QED) is 0.384. The van der Waals surface area contributed by atoms with Crippen molar-refractivity contribution in [3.05, 3.63) is 95.8 Å². The number of aryl methyl sites for hydroxylation is 1. The zero-order chi connectivity index (χ0) is 27.9. The first kappa shape index (κ1) is 28.8. The largest absolute Gasteiger partial charge is 0.352 e. The highest BCUT2D eigenvalue weighted by Crippen LogP contribution is 2.27. The SMILES string of the molecule is CC[C@@H](C)NC(=O)[C@H](C)N(Cc1cccc(C)c1)C(=O)CN(c1ccccc1F)S(=O)(=O)c1ccccc1. The Morgan fingerprint density at radius 1 is 0.947 bits per heavy atom. The Bertz CT molecular complexity index is 1370. The van der Waals surface area contributed by atoms with E-state index < -0.39 is 34.3 Å². The van der Waals surface area contributed by atoms with Gasteiger partial charge in [-0.05, 0) is 57.0 Å². The van der Waals surface area contributed by atoms with E-state index in [1.54, 1.807) is 25.1 Å². The lowest BCUT2D eigenvalue weighted by Gasteiger charge is -2.32. The van der Waals surface area contributed by atoms with Crippen LogP contribution in [0.4, 0.5) is 10.1 Å². The molecular weight excluding hydrogens is 505 g/mol. The number of benzene rings is 3. The van der Waals surface area contributed by atoms with Crippen molar-refractivity contribution in [3.8, 4) is 0 Å². The predicted octanol–water partition coefficient (Wildman–Crippen LogP) is 4.66. The molecular formula is C29H34FN3O4S. The molecule has 0 heterocycles. The summed E-state index contributed by atoms with van der Waals surface area (Å²) in [6, 6.07) is 19.4. The van der Waals surface area contributed by atoms with Crippen molar-refractivity contribution in [3.63, 3.8) is 0 Å². The Hall–Kier alpha value is -3.72. The Balaban J connectivity index is 2.03. The third-order valence-corrected chi connectivity index (χ3v) is 8.11. The average molecular weight is 540 g/mol. The Kier molecular flexibility index (Phi) is 9.63. The standard InChI is InChI=1S/C29H34FN3O4S/c1-5-22(3)31-29(35)23(4)32(19-24-13-11-12-21(2)18-24)28(34)20-33(27-17-10-9-16-26(27)30)38(36,37)25-14-7-6-8-15-25/h6-18,22-23H,5,19-20H2,1-4H3,(H,31,35)/t22-,23+/m1/s1. The maximum atomic E-state index is 14.9. The van der Waals surface area contributed by atoms with Crippen LogP contribution >= 0.6 is 0 Å². The van der Waals surface area contributed by atoms with Gasteiger partial charge in [-0.15, -0.1) is 0 Å². The zero-order valence-electron chi connectivity index (χ0n) is 22.1. The van der Waals surface area contributed by atoms with Crippen LogP contribution in [0.1, 0.15) is 38.3 Å². The third-order valence-electron chi connectivity index (χ3n) is 6.33. The molecule has 1 N–H and O–H groups in total. The number of para-hydroxylation sites is 1. The van der Waals surface area contributed by atoms with Crippen LogP contribution in [0.5, 0.6) is 0 Å². The second kappa shape index (κ2) is 12.7. The molecule has 3 aromatic rings. The summed E-state index contributed by atoms with van der Waals surface area (Å²) in [6.07, 6.45) is 0.709. The van der Waals surface area contributed by atoms with Gasteiger partial charge in [0.05, 0.1) is 10.6 Å².